The molecule has 4 unspecified atom stereocenters. The Morgan fingerprint density at radius 3 is 2.45 bits per heavy atom. The topological polar surface area (TPSA) is 137 Å². The van der Waals surface area contributed by atoms with Crippen LogP contribution in [-0.2, 0) is 20.9 Å². The molecule has 0 aliphatic carbocycles. The molecule has 0 spiro atoms. The molecule has 9 heteroatoms. The fourth-order valence-electron chi connectivity index (χ4n) is 5.77. The van der Waals surface area contributed by atoms with Gasteiger partial charge in [-0.15, -0.1) is 0 Å². The molecule has 33 heavy (non-hydrogen) atoms. The average molecular weight is 448 g/mol. The van der Waals surface area contributed by atoms with Crippen LogP contribution in [0.5, 0.6) is 0 Å². The number of benzene rings is 2. The lowest BCUT2D eigenvalue weighted by atomic mass is 9.83. The summed E-state index contributed by atoms with van der Waals surface area (Å²) >= 11 is 0. The molecule has 0 bridgehead atoms. The van der Waals surface area contributed by atoms with Crippen LogP contribution in [0, 0.1) is 17.2 Å². The summed E-state index contributed by atoms with van der Waals surface area (Å²) in [7, 11) is 0. The first-order chi connectivity index (χ1) is 15.8. The van der Waals surface area contributed by atoms with Gasteiger partial charge in [0.05, 0.1) is 18.5 Å². The number of hydrogen-bond acceptors (Lipinski definition) is 6. The minimum atomic E-state index is -1.46. The van der Waals surface area contributed by atoms with Gasteiger partial charge in [0.15, 0.2) is 5.72 Å². The Bertz CT molecular complexity index is 1140. The Labute approximate surface area is 190 Å². The third-order valence-corrected chi connectivity index (χ3v) is 7.04. The van der Waals surface area contributed by atoms with Crippen molar-refractivity contribution < 1.29 is 24.2 Å². The zero-order valence-electron chi connectivity index (χ0n) is 17.8. The highest BCUT2D eigenvalue weighted by molar-refractivity contribution is 6.07. The van der Waals surface area contributed by atoms with E-state index >= 15 is 0 Å². The minimum absolute atomic E-state index is 0.0725. The van der Waals surface area contributed by atoms with E-state index in [4.69, 9.17) is 15.9 Å². The molecule has 4 N–H and O–H groups in total. The van der Waals surface area contributed by atoms with Gasteiger partial charge in [0.1, 0.15) is 11.8 Å². The van der Waals surface area contributed by atoms with Crippen LogP contribution in [0.3, 0.4) is 0 Å². The third-order valence-electron chi connectivity index (χ3n) is 7.04. The van der Waals surface area contributed by atoms with Crippen LogP contribution in [0.15, 0.2) is 54.6 Å². The number of rotatable bonds is 5. The predicted molar refractivity (Wildman–Crippen MR) is 117 cm³/mol. The van der Waals surface area contributed by atoms with E-state index in [1.54, 1.807) is 24.3 Å². The molecule has 3 saturated heterocycles. The number of carbonyl (C=O) groups is 3. The highest BCUT2D eigenvalue weighted by Crippen LogP contribution is 2.59. The monoisotopic (exact) mass is 448 g/mol. The molecule has 0 saturated carbocycles. The van der Waals surface area contributed by atoms with Crippen molar-refractivity contribution in [2.75, 3.05) is 6.54 Å². The van der Waals surface area contributed by atoms with Crippen LogP contribution in [0.4, 0.5) is 4.79 Å². The summed E-state index contributed by atoms with van der Waals surface area (Å²) in [5, 5.41) is 17.2. The molecule has 5 rings (SSSR count). The molecule has 2 aromatic carbocycles. The molecule has 3 aliphatic rings. The maximum Gasteiger partial charge on any atom is 0.507 e. The highest BCUT2D eigenvalue weighted by atomic mass is 16.7. The molecule has 3 fully saturated rings. The van der Waals surface area contributed by atoms with Gasteiger partial charge in [-0.25, -0.2) is 4.79 Å². The first kappa shape index (κ1) is 21.1. The van der Waals surface area contributed by atoms with Gasteiger partial charge < -0.3 is 15.6 Å². The van der Waals surface area contributed by atoms with Crippen LogP contribution in [0.25, 0.3) is 0 Å². The Kier molecular flexibility index (Phi) is 4.93. The van der Waals surface area contributed by atoms with Crippen LogP contribution < -0.4 is 5.73 Å². The van der Waals surface area contributed by atoms with Crippen molar-refractivity contribution in [2.24, 2.45) is 17.6 Å². The Morgan fingerprint density at radius 1 is 1.12 bits per heavy atom. The van der Waals surface area contributed by atoms with E-state index in [9.17, 15) is 19.5 Å². The van der Waals surface area contributed by atoms with E-state index in [2.05, 4.69) is 0 Å². The smallest absolute Gasteiger partial charge is 0.450 e. The Hall–Kier alpha value is -3.72. The summed E-state index contributed by atoms with van der Waals surface area (Å²) in [4.78, 5) is 42.1. The number of hydrogen-bond donors (Lipinski definition) is 3. The second-order valence-electron chi connectivity index (χ2n) is 8.74. The number of nitrogens with one attached hydrogen (secondary N) is 1. The number of likely N-dealkylation sites (tertiary alicyclic amines) is 1. The normalized spacial score (nSPS) is 28.6. The van der Waals surface area contributed by atoms with Gasteiger partial charge in [0.25, 0.3) is 0 Å². The van der Waals surface area contributed by atoms with E-state index in [0.717, 1.165) is 11.1 Å². The van der Waals surface area contributed by atoms with Crippen LogP contribution in [-0.4, -0.2) is 51.0 Å². The highest BCUT2D eigenvalue weighted by Gasteiger charge is 2.72. The van der Waals surface area contributed by atoms with Gasteiger partial charge >= 0.3 is 6.16 Å². The Morgan fingerprint density at radius 2 is 1.82 bits per heavy atom. The van der Waals surface area contributed by atoms with E-state index in [0.29, 0.717) is 24.9 Å². The van der Waals surface area contributed by atoms with Crippen molar-refractivity contribution in [3.05, 3.63) is 71.3 Å². The Balaban J connectivity index is 1.58. The zero-order valence-corrected chi connectivity index (χ0v) is 17.8. The number of amides is 2. The lowest BCUT2D eigenvalue weighted by molar-refractivity contribution is -0.154. The molecule has 170 valence electrons. The van der Waals surface area contributed by atoms with Gasteiger partial charge in [0, 0.05) is 18.5 Å². The van der Waals surface area contributed by atoms with Crippen molar-refractivity contribution in [3.8, 4) is 0 Å². The van der Waals surface area contributed by atoms with Gasteiger partial charge in [-0.1, -0.05) is 54.6 Å². The van der Waals surface area contributed by atoms with Crippen LogP contribution in [0.1, 0.15) is 35.6 Å². The number of imide groups is 1. The predicted octanol–water partition coefficient (Wildman–Crippen LogP) is 2.31. The molecular weight excluding hydrogens is 424 g/mol. The number of carbonyl (C=O) groups excluding carboxylic acids is 2. The van der Waals surface area contributed by atoms with E-state index in [1.807, 2.05) is 35.2 Å². The lowest BCUT2D eigenvalue weighted by Crippen LogP contribution is -2.51. The fourth-order valence-corrected chi connectivity index (χ4v) is 5.77. The SMILES string of the molecule is N=C(N)c1ccc(C2C3C(=O)N(Cc4ccccc4)C(=O)C3C3(OC(=O)O)CCCN23)cc1. The summed E-state index contributed by atoms with van der Waals surface area (Å²) in [5.41, 5.74) is 6.32. The number of amidine groups is 1. The molecule has 2 aromatic rings. The van der Waals surface area contributed by atoms with Crippen LogP contribution in [0.2, 0.25) is 0 Å². The van der Waals surface area contributed by atoms with Crippen molar-refractivity contribution >= 4 is 23.8 Å². The van der Waals surface area contributed by atoms with Crippen molar-refractivity contribution in [1.82, 2.24) is 9.80 Å². The largest absolute Gasteiger partial charge is 0.507 e. The summed E-state index contributed by atoms with van der Waals surface area (Å²) in [6.07, 6.45) is -0.464. The first-order valence-electron chi connectivity index (χ1n) is 10.9. The number of nitrogens with zero attached hydrogens (tertiary/aromatic N) is 2. The number of nitrogens with two attached hydrogens (primary N) is 1. The maximum absolute atomic E-state index is 13.6. The summed E-state index contributed by atoms with van der Waals surface area (Å²) in [5.74, 6) is -2.47. The minimum Gasteiger partial charge on any atom is -0.450 e. The maximum atomic E-state index is 13.6. The number of ether oxygens (including phenoxy) is 1. The van der Waals surface area contributed by atoms with Gasteiger partial charge in [-0.05, 0) is 17.5 Å². The second kappa shape index (κ2) is 7.70. The standard InChI is InChI=1S/C24H24N4O5/c25-20(26)16-9-7-15(8-10-16)19-17-18(24(33-23(31)32)11-4-12-28(19)24)22(30)27(21(17)29)13-14-5-2-1-3-6-14/h1-3,5-10,17-19H,4,11-13H2,(H3,25,26)(H,31,32). The molecule has 0 aromatic heterocycles. The first-order valence-corrected chi connectivity index (χ1v) is 10.9. The van der Waals surface area contributed by atoms with Crippen molar-refractivity contribution in [1.29, 1.82) is 5.41 Å². The molecule has 3 aliphatic heterocycles. The average Bonchev–Trinajstić information content (AvgIpc) is 3.38. The number of nitrogen functional groups attached to an aromatic ring is 1. The van der Waals surface area contributed by atoms with Crippen LogP contribution >= 0.6 is 0 Å². The molecular formula is C24H24N4O5. The quantitative estimate of drug-likeness (QED) is 0.276. The van der Waals surface area contributed by atoms with Crippen molar-refractivity contribution in [3.63, 3.8) is 0 Å². The number of fused-ring (bicyclic) bond motifs is 3. The second-order valence-corrected chi connectivity index (χ2v) is 8.74. The summed E-state index contributed by atoms with van der Waals surface area (Å²) in [6.45, 7) is 0.642. The van der Waals surface area contributed by atoms with Gasteiger partial charge in [-0.2, -0.15) is 0 Å². The van der Waals surface area contributed by atoms with Gasteiger partial charge in [-0.3, -0.25) is 24.8 Å². The summed E-state index contributed by atoms with van der Waals surface area (Å²) in [6, 6.07) is 15.7. The third kappa shape index (κ3) is 3.19. The van der Waals surface area contributed by atoms with E-state index in [1.165, 1.54) is 4.90 Å². The van der Waals surface area contributed by atoms with E-state index in [-0.39, 0.29) is 18.3 Å². The van der Waals surface area contributed by atoms with E-state index < -0.39 is 35.7 Å². The van der Waals surface area contributed by atoms with Crippen molar-refractivity contribution in [2.45, 2.75) is 31.2 Å². The zero-order chi connectivity index (χ0) is 23.3. The van der Waals surface area contributed by atoms with Gasteiger partial charge in [0.2, 0.25) is 11.8 Å². The molecule has 9 nitrogen and oxygen atoms in total. The molecule has 3 heterocycles. The molecule has 4 atom stereocenters. The lowest BCUT2D eigenvalue weighted by Gasteiger charge is -2.36. The summed E-state index contributed by atoms with van der Waals surface area (Å²) < 4.78 is 5.46. The molecule has 0 radical (unpaired) electrons. The fraction of sp³-hybridized carbons (Fsp3) is 0.333. The molecule has 2 amide bonds. The number of carboxylic acid groups (broad SMARTS) is 1.